The number of halogens is 1. The molecule has 10 heavy (non-hydrogen) atoms. The SMILES string of the molecule is C=CC(=C)C.C=CC=CCl. The van der Waals surface area contributed by atoms with Gasteiger partial charge in [0.05, 0.1) is 0 Å². The van der Waals surface area contributed by atoms with Crippen molar-refractivity contribution in [1.82, 2.24) is 0 Å². The monoisotopic (exact) mass is 156 g/mol. The van der Waals surface area contributed by atoms with Crippen LogP contribution >= 0.6 is 11.6 Å². The van der Waals surface area contributed by atoms with Crippen LogP contribution in [0.3, 0.4) is 0 Å². The van der Waals surface area contributed by atoms with E-state index in [0.29, 0.717) is 0 Å². The van der Waals surface area contributed by atoms with Gasteiger partial charge in [-0.1, -0.05) is 55.1 Å². The zero-order chi connectivity index (χ0) is 8.41. The van der Waals surface area contributed by atoms with E-state index >= 15 is 0 Å². The first-order chi connectivity index (χ1) is 4.68. The van der Waals surface area contributed by atoms with Crippen molar-refractivity contribution in [2.24, 2.45) is 0 Å². The molecule has 0 amide bonds. The molecule has 0 aromatic carbocycles. The molecule has 0 unspecified atom stereocenters. The summed E-state index contributed by atoms with van der Waals surface area (Å²) in [5, 5.41) is 0. The van der Waals surface area contributed by atoms with Crippen molar-refractivity contribution in [3.8, 4) is 0 Å². The lowest BCUT2D eigenvalue weighted by Crippen LogP contribution is -1.50. The molecule has 56 valence electrons. The second-order valence-corrected chi connectivity index (χ2v) is 1.86. The highest BCUT2D eigenvalue weighted by Crippen LogP contribution is 1.81. The Kier molecular flexibility index (Phi) is 13.3. The zero-order valence-corrected chi connectivity index (χ0v) is 7.06. The third-order valence-corrected chi connectivity index (χ3v) is 0.703. The molecule has 0 aliphatic carbocycles. The molecular formula is C9H13Cl. The average molecular weight is 157 g/mol. The maximum Gasteiger partial charge on any atom is 0.00422 e. The van der Waals surface area contributed by atoms with Gasteiger partial charge in [0.2, 0.25) is 0 Å². The van der Waals surface area contributed by atoms with Gasteiger partial charge in [-0.3, -0.25) is 0 Å². The van der Waals surface area contributed by atoms with Crippen molar-refractivity contribution in [1.29, 1.82) is 0 Å². The molecule has 0 fully saturated rings. The summed E-state index contributed by atoms with van der Waals surface area (Å²) in [6.45, 7) is 12.3. The number of allylic oxidation sites excluding steroid dienone is 4. The molecule has 1 heteroatoms. The average Bonchev–Trinajstić information content (AvgIpc) is 1.91. The molecule has 0 aromatic heterocycles. The highest BCUT2D eigenvalue weighted by atomic mass is 35.5. The van der Waals surface area contributed by atoms with E-state index in [9.17, 15) is 0 Å². The van der Waals surface area contributed by atoms with Gasteiger partial charge < -0.3 is 0 Å². The normalized spacial score (nSPS) is 7.80. The van der Waals surface area contributed by atoms with Crippen LogP contribution in [0.15, 0.2) is 49.1 Å². The minimum Gasteiger partial charge on any atom is -0.0990 e. The minimum atomic E-state index is 1.02. The van der Waals surface area contributed by atoms with E-state index in [-0.39, 0.29) is 0 Å². The summed E-state index contributed by atoms with van der Waals surface area (Å²) < 4.78 is 0. The first-order valence-corrected chi connectivity index (χ1v) is 3.28. The van der Waals surface area contributed by atoms with Gasteiger partial charge in [0, 0.05) is 5.54 Å². The van der Waals surface area contributed by atoms with Crippen LogP contribution in [0.5, 0.6) is 0 Å². The quantitative estimate of drug-likeness (QED) is 0.536. The predicted octanol–water partition coefficient (Wildman–Crippen LogP) is 3.67. The van der Waals surface area contributed by atoms with Crippen molar-refractivity contribution in [2.45, 2.75) is 6.92 Å². The van der Waals surface area contributed by atoms with Crippen LogP contribution in [0.1, 0.15) is 6.92 Å². The van der Waals surface area contributed by atoms with Crippen molar-refractivity contribution in [3.05, 3.63) is 49.1 Å². The van der Waals surface area contributed by atoms with Crippen LogP contribution in [0.2, 0.25) is 0 Å². The largest absolute Gasteiger partial charge is 0.0990 e. The zero-order valence-electron chi connectivity index (χ0n) is 6.31. The van der Waals surface area contributed by atoms with Crippen molar-refractivity contribution in [3.63, 3.8) is 0 Å². The Labute approximate surface area is 68.2 Å². The summed E-state index contributed by atoms with van der Waals surface area (Å²) in [4.78, 5) is 0. The van der Waals surface area contributed by atoms with Gasteiger partial charge in [0.15, 0.2) is 0 Å². The summed E-state index contributed by atoms with van der Waals surface area (Å²) >= 11 is 5.05. The van der Waals surface area contributed by atoms with Crippen LogP contribution in [0.25, 0.3) is 0 Å². The van der Waals surface area contributed by atoms with Crippen LogP contribution in [0, 0.1) is 0 Å². The smallest absolute Gasteiger partial charge is 0.00422 e. The molecular weight excluding hydrogens is 144 g/mol. The van der Waals surface area contributed by atoms with E-state index in [0.717, 1.165) is 5.57 Å². The minimum absolute atomic E-state index is 1.02. The van der Waals surface area contributed by atoms with Gasteiger partial charge in [-0.15, -0.1) is 0 Å². The van der Waals surface area contributed by atoms with Crippen molar-refractivity contribution >= 4 is 11.6 Å². The molecule has 0 saturated carbocycles. The summed E-state index contributed by atoms with van der Waals surface area (Å²) in [6, 6.07) is 0. The Balaban J connectivity index is 0. The number of hydrogen-bond donors (Lipinski definition) is 0. The second kappa shape index (κ2) is 11.1. The van der Waals surface area contributed by atoms with Gasteiger partial charge in [-0.05, 0) is 6.92 Å². The molecule has 0 aromatic rings. The van der Waals surface area contributed by atoms with Crippen LogP contribution in [0.4, 0.5) is 0 Å². The molecule has 0 radical (unpaired) electrons. The Morgan fingerprint density at radius 1 is 1.40 bits per heavy atom. The molecule has 0 spiro atoms. The standard InChI is InChI=1S/C5H8.C4H5Cl/c1-4-5(2)3;1-2-3-4-5/h4H,1-2H2,3H3;2-4H,1H2. The molecule has 0 heterocycles. The highest BCUT2D eigenvalue weighted by Gasteiger charge is 1.59. The first-order valence-electron chi connectivity index (χ1n) is 2.84. The van der Waals surface area contributed by atoms with Crippen LogP contribution in [-0.2, 0) is 0 Å². The van der Waals surface area contributed by atoms with Gasteiger partial charge >= 0.3 is 0 Å². The third kappa shape index (κ3) is 26.8. The summed E-state index contributed by atoms with van der Waals surface area (Å²) in [6.07, 6.45) is 4.99. The molecule has 0 atom stereocenters. The number of hydrogen-bond acceptors (Lipinski definition) is 0. The van der Waals surface area contributed by atoms with Gasteiger partial charge in [0.1, 0.15) is 0 Å². The van der Waals surface area contributed by atoms with E-state index < -0.39 is 0 Å². The van der Waals surface area contributed by atoms with Gasteiger partial charge in [-0.2, -0.15) is 0 Å². The maximum absolute atomic E-state index is 5.05. The van der Waals surface area contributed by atoms with E-state index in [4.69, 9.17) is 11.6 Å². The third-order valence-electron chi connectivity index (χ3n) is 0.557. The maximum atomic E-state index is 5.05. The highest BCUT2D eigenvalue weighted by molar-refractivity contribution is 6.25. The predicted molar refractivity (Wildman–Crippen MR) is 50.2 cm³/mol. The van der Waals surface area contributed by atoms with Crippen molar-refractivity contribution in [2.75, 3.05) is 0 Å². The molecule has 0 rings (SSSR count). The summed E-state index contributed by atoms with van der Waals surface area (Å²) in [5.74, 6) is 0. The molecule has 0 bridgehead atoms. The van der Waals surface area contributed by atoms with E-state index in [1.165, 1.54) is 5.54 Å². The van der Waals surface area contributed by atoms with Crippen LogP contribution < -0.4 is 0 Å². The Morgan fingerprint density at radius 3 is 1.80 bits per heavy atom. The molecule has 0 nitrogen and oxygen atoms in total. The van der Waals surface area contributed by atoms with Crippen LogP contribution in [-0.4, -0.2) is 0 Å². The topological polar surface area (TPSA) is 0 Å². The Hall–Kier alpha value is -0.750. The molecule has 0 aliphatic rings. The molecule has 0 saturated heterocycles. The summed E-state index contributed by atoms with van der Waals surface area (Å²) in [7, 11) is 0. The molecule has 0 aliphatic heterocycles. The lowest BCUT2D eigenvalue weighted by Gasteiger charge is -1.71. The fourth-order valence-corrected chi connectivity index (χ4v) is 0.154. The van der Waals surface area contributed by atoms with Gasteiger partial charge in [-0.25, -0.2) is 0 Å². The van der Waals surface area contributed by atoms with Gasteiger partial charge in [0.25, 0.3) is 0 Å². The first kappa shape index (κ1) is 12.0. The Bertz CT molecular complexity index is 132. The molecule has 0 N–H and O–H groups in total. The van der Waals surface area contributed by atoms with E-state index in [1.807, 2.05) is 6.92 Å². The Morgan fingerprint density at radius 2 is 1.80 bits per heavy atom. The van der Waals surface area contributed by atoms with E-state index in [1.54, 1.807) is 18.2 Å². The van der Waals surface area contributed by atoms with E-state index in [2.05, 4.69) is 19.7 Å². The lowest BCUT2D eigenvalue weighted by atomic mass is 10.4. The lowest BCUT2D eigenvalue weighted by molar-refractivity contribution is 1.58. The fourth-order valence-electron chi connectivity index (χ4n) is 0.0514. The fraction of sp³-hybridized carbons (Fsp3) is 0.111. The van der Waals surface area contributed by atoms with Crippen molar-refractivity contribution < 1.29 is 0 Å². The summed E-state index contributed by atoms with van der Waals surface area (Å²) in [5.41, 5.74) is 2.43. The number of rotatable bonds is 2. The second-order valence-electron chi connectivity index (χ2n) is 1.60.